The molecule has 35 heavy (non-hydrogen) atoms. The van der Waals surface area contributed by atoms with Crippen LogP contribution in [0.15, 0.2) is 59.5 Å². The van der Waals surface area contributed by atoms with Crippen LogP contribution in [0.2, 0.25) is 0 Å². The van der Waals surface area contributed by atoms with Crippen LogP contribution in [0.5, 0.6) is 0 Å². The zero-order chi connectivity index (χ0) is 25.0. The fourth-order valence-corrected chi connectivity index (χ4v) is 5.72. The summed E-state index contributed by atoms with van der Waals surface area (Å²) >= 11 is 0. The maximum absolute atomic E-state index is 13.0. The lowest BCUT2D eigenvalue weighted by Crippen LogP contribution is -2.49. The van der Waals surface area contributed by atoms with Gasteiger partial charge in [-0.2, -0.15) is 0 Å². The summed E-state index contributed by atoms with van der Waals surface area (Å²) < 4.78 is 23.5. The summed E-state index contributed by atoms with van der Waals surface area (Å²) in [5.74, 6) is 0.0306. The van der Waals surface area contributed by atoms with Gasteiger partial charge in [0.05, 0.1) is 4.90 Å². The lowest BCUT2D eigenvalue weighted by Gasteiger charge is -2.33. The molecule has 3 atom stereocenters. The highest BCUT2D eigenvalue weighted by Gasteiger charge is 2.44. The summed E-state index contributed by atoms with van der Waals surface area (Å²) in [6.07, 6.45) is 3.15. The monoisotopic (exact) mass is 498 g/mol. The zero-order valence-corrected chi connectivity index (χ0v) is 21.1. The number of sulfone groups is 1. The third kappa shape index (κ3) is 6.28. The van der Waals surface area contributed by atoms with Crippen molar-refractivity contribution in [1.29, 1.82) is 0 Å². The topological polar surface area (TPSA) is 98.8 Å². The van der Waals surface area contributed by atoms with Crippen molar-refractivity contribution in [2.45, 2.75) is 55.4 Å². The molecule has 2 fully saturated rings. The first-order valence-electron chi connectivity index (χ1n) is 12.1. The van der Waals surface area contributed by atoms with Gasteiger partial charge in [0.1, 0.15) is 6.04 Å². The van der Waals surface area contributed by atoms with Crippen molar-refractivity contribution >= 4 is 21.7 Å². The van der Waals surface area contributed by atoms with Crippen molar-refractivity contribution in [3.63, 3.8) is 0 Å². The fraction of sp³-hybridized carbons (Fsp3) is 0.462. The van der Waals surface area contributed by atoms with E-state index in [1.807, 2.05) is 42.5 Å². The number of amides is 2. The van der Waals surface area contributed by atoms with E-state index in [2.05, 4.69) is 27.5 Å². The molecule has 8 nitrogen and oxygen atoms in total. The van der Waals surface area contributed by atoms with E-state index in [1.54, 1.807) is 12.1 Å². The third-order valence-corrected chi connectivity index (χ3v) is 8.25. The van der Waals surface area contributed by atoms with Gasteiger partial charge in [-0.15, -0.1) is 0 Å². The lowest BCUT2D eigenvalue weighted by molar-refractivity contribution is -0.126. The van der Waals surface area contributed by atoms with E-state index >= 15 is 0 Å². The van der Waals surface area contributed by atoms with Crippen LogP contribution < -0.4 is 10.6 Å². The van der Waals surface area contributed by atoms with Crippen molar-refractivity contribution in [1.82, 2.24) is 20.4 Å². The average Bonchev–Trinajstić information content (AvgIpc) is 3.21. The number of nitrogens with zero attached hydrogens (tertiary/aromatic N) is 2. The molecule has 9 heteroatoms. The first-order chi connectivity index (χ1) is 16.7. The third-order valence-electron chi connectivity index (χ3n) is 7.12. The molecule has 2 saturated heterocycles. The number of likely N-dealkylation sites (N-methyl/N-ethyl adjacent to an activating group) is 1. The van der Waals surface area contributed by atoms with Gasteiger partial charge in [-0.25, -0.2) is 8.42 Å². The number of carbonyl (C=O) groups excluding carboxylic acids is 2. The van der Waals surface area contributed by atoms with Crippen LogP contribution in [0.1, 0.15) is 30.4 Å². The molecule has 188 valence electrons. The Morgan fingerprint density at radius 3 is 2.49 bits per heavy atom. The van der Waals surface area contributed by atoms with Gasteiger partial charge in [0.25, 0.3) is 0 Å². The molecule has 2 N–H and O–H groups in total. The summed E-state index contributed by atoms with van der Waals surface area (Å²) in [6.45, 7) is 2.40. The van der Waals surface area contributed by atoms with Gasteiger partial charge in [0.15, 0.2) is 9.84 Å². The Kier molecular flexibility index (Phi) is 7.88. The predicted molar refractivity (Wildman–Crippen MR) is 134 cm³/mol. The van der Waals surface area contributed by atoms with Crippen LogP contribution in [0.25, 0.3) is 0 Å². The number of carbonyl (C=O) groups is 2. The highest BCUT2D eigenvalue weighted by Crippen LogP contribution is 2.28. The summed E-state index contributed by atoms with van der Waals surface area (Å²) in [4.78, 5) is 30.2. The van der Waals surface area contributed by atoms with Crippen molar-refractivity contribution < 1.29 is 18.0 Å². The van der Waals surface area contributed by atoms with Crippen LogP contribution in [0, 0.1) is 0 Å². The largest absolute Gasteiger partial charge is 0.353 e. The van der Waals surface area contributed by atoms with Gasteiger partial charge >= 0.3 is 0 Å². The molecule has 0 spiro atoms. The molecule has 2 heterocycles. The molecular formula is C26H34N4O4S. The maximum Gasteiger partial charge on any atom is 0.239 e. The van der Waals surface area contributed by atoms with Gasteiger partial charge in [-0.3, -0.25) is 19.4 Å². The number of nitrogens with one attached hydrogen (secondary N) is 2. The van der Waals surface area contributed by atoms with E-state index < -0.39 is 9.84 Å². The SMILES string of the molecule is CN1[C@@H](CCC(=O)NCc2ccccc2)CNC(=O)[C@@H]2[C@@H]1CCN2Cc1ccc(S(C)(=O)=O)cc1. The minimum Gasteiger partial charge on any atom is -0.353 e. The van der Waals surface area contributed by atoms with E-state index in [4.69, 9.17) is 0 Å². The molecule has 0 saturated carbocycles. The lowest BCUT2D eigenvalue weighted by atomic mass is 10.0. The van der Waals surface area contributed by atoms with E-state index in [9.17, 15) is 18.0 Å². The average molecular weight is 499 g/mol. The van der Waals surface area contributed by atoms with E-state index in [1.165, 1.54) is 6.26 Å². The number of hydrogen-bond donors (Lipinski definition) is 2. The molecule has 4 rings (SSSR count). The van der Waals surface area contributed by atoms with Crippen molar-refractivity contribution in [3.8, 4) is 0 Å². The highest BCUT2D eigenvalue weighted by molar-refractivity contribution is 7.90. The number of rotatable bonds is 8. The summed E-state index contributed by atoms with van der Waals surface area (Å²) in [5, 5.41) is 6.07. The van der Waals surface area contributed by atoms with Gasteiger partial charge < -0.3 is 10.6 Å². The van der Waals surface area contributed by atoms with Gasteiger partial charge in [0, 0.05) is 50.9 Å². The molecule has 0 aromatic heterocycles. The molecule has 0 bridgehead atoms. The molecule has 2 aliphatic heterocycles. The van der Waals surface area contributed by atoms with Gasteiger partial charge in [0.2, 0.25) is 11.8 Å². The number of likely N-dealkylation sites (tertiary alicyclic amines) is 1. The van der Waals surface area contributed by atoms with Crippen molar-refractivity contribution in [2.24, 2.45) is 0 Å². The molecule has 0 aliphatic carbocycles. The van der Waals surface area contributed by atoms with Crippen molar-refractivity contribution in [2.75, 3.05) is 26.4 Å². The molecular weight excluding hydrogens is 464 g/mol. The van der Waals surface area contributed by atoms with Crippen LogP contribution in [0.4, 0.5) is 0 Å². The molecule has 2 aromatic carbocycles. The molecule has 2 aromatic rings. The minimum absolute atomic E-state index is 0.0139. The number of hydrogen-bond acceptors (Lipinski definition) is 6. The summed E-state index contributed by atoms with van der Waals surface area (Å²) in [6, 6.07) is 16.6. The van der Waals surface area contributed by atoms with E-state index in [-0.39, 0.29) is 29.9 Å². The van der Waals surface area contributed by atoms with Crippen LogP contribution in [-0.4, -0.2) is 74.6 Å². The van der Waals surface area contributed by atoms with Crippen LogP contribution >= 0.6 is 0 Å². The Balaban J connectivity index is 1.34. The van der Waals surface area contributed by atoms with Crippen molar-refractivity contribution in [3.05, 3.63) is 65.7 Å². The quantitative estimate of drug-likeness (QED) is 0.573. The second-order valence-electron chi connectivity index (χ2n) is 9.55. The number of fused-ring (bicyclic) bond motifs is 1. The van der Waals surface area contributed by atoms with E-state index in [0.29, 0.717) is 37.4 Å². The molecule has 2 amide bonds. The second-order valence-corrected chi connectivity index (χ2v) is 11.6. The van der Waals surface area contributed by atoms with Crippen LogP contribution in [0.3, 0.4) is 0 Å². The Labute approximate surface area is 207 Å². The van der Waals surface area contributed by atoms with Gasteiger partial charge in [-0.05, 0) is 43.1 Å². The summed E-state index contributed by atoms with van der Waals surface area (Å²) in [7, 11) is -1.18. The van der Waals surface area contributed by atoms with Gasteiger partial charge in [-0.1, -0.05) is 42.5 Å². The Morgan fingerprint density at radius 1 is 1.09 bits per heavy atom. The Hall–Kier alpha value is -2.75. The first-order valence-corrected chi connectivity index (χ1v) is 13.9. The molecule has 2 aliphatic rings. The standard InChI is InChI=1S/C26H34N4O4S/c1-29-21(10-13-24(31)27-16-19-6-4-3-5-7-19)17-28-26(32)25-23(29)14-15-30(25)18-20-8-11-22(12-9-20)35(2,33)34/h3-9,11-12,21,23,25H,10,13-18H2,1-2H3,(H,27,31)(H,28,32)/t21-,23-,25-/m0/s1. The zero-order valence-electron chi connectivity index (χ0n) is 20.3. The highest BCUT2D eigenvalue weighted by atomic mass is 32.2. The normalized spacial score (nSPS) is 23.4. The van der Waals surface area contributed by atoms with Crippen LogP contribution in [-0.2, 0) is 32.5 Å². The fourth-order valence-electron chi connectivity index (χ4n) is 5.09. The van der Waals surface area contributed by atoms with E-state index in [0.717, 1.165) is 24.1 Å². The predicted octanol–water partition coefficient (Wildman–Crippen LogP) is 1.56. The Morgan fingerprint density at radius 2 is 1.80 bits per heavy atom. The second kappa shape index (κ2) is 10.9. The minimum atomic E-state index is -3.24. The molecule has 0 unspecified atom stereocenters. The summed E-state index contributed by atoms with van der Waals surface area (Å²) in [5.41, 5.74) is 2.05. The first kappa shape index (κ1) is 25.3. The smallest absolute Gasteiger partial charge is 0.239 e. The Bertz CT molecular complexity index is 1140. The number of benzene rings is 2. The molecule has 0 radical (unpaired) electrons. The maximum atomic E-state index is 13.0.